The highest BCUT2D eigenvalue weighted by atomic mass is 79.9. The minimum absolute atomic E-state index is 0.225. The van der Waals surface area contributed by atoms with Gasteiger partial charge in [0.05, 0.1) is 6.61 Å². The first-order chi connectivity index (χ1) is 7.95. The fourth-order valence-electron chi connectivity index (χ4n) is 1.13. The summed E-state index contributed by atoms with van der Waals surface area (Å²) in [5.74, 6) is -1.44. The van der Waals surface area contributed by atoms with E-state index in [1.165, 1.54) is 6.07 Å². The van der Waals surface area contributed by atoms with E-state index >= 15 is 0 Å². The lowest BCUT2D eigenvalue weighted by atomic mass is 10.2. The average Bonchev–Trinajstić information content (AvgIpc) is 2.61. The first-order valence-corrected chi connectivity index (χ1v) is 6.43. The van der Waals surface area contributed by atoms with Crippen LogP contribution in [0.3, 0.4) is 0 Å². The summed E-state index contributed by atoms with van der Waals surface area (Å²) in [7, 11) is 0. The smallest absolute Gasteiger partial charge is 0.345 e. The van der Waals surface area contributed by atoms with Crippen LogP contribution in [-0.2, 0) is 16.0 Å². The van der Waals surface area contributed by atoms with Gasteiger partial charge in [-0.2, -0.15) is 0 Å². The van der Waals surface area contributed by atoms with Crippen LogP contribution in [-0.4, -0.2) is 23.7 Å². The molecule has 0 aromatic carbocycles. The number of halogens is 1. The van der Waals surface area contributed by atoms with Gasteiger partial charge in [0, 0.05) is 21.3 Å². The van der Waals surface area contributed by atoms with E-state index in [1.54, 1.807) is 6.92 Å². The Morgan fingerprint density at radius 2 is 2.24 bits per heavy atom. The van der Waals surface area contributed by atoms with Crippen molar-refractivity contribution < 1.29 is 19.4 Å². The molecule has 1 aromatic heterocycles. The second-order valence-corrected chi connectivity index (χ2v) is 5.18. The molecule has 1 rings (SSSR count). The van der Waals surface area contributed by atoms with Crippen LogP contribution < -0.4 is 0 Å². The first-order valence-electron chi connectivity index (χ1n) is 4.82. The Labute approximate surface area is 111 Å². The van der Waals surface area contributed by atoms with Gasteiger partial charge in [0.25, 0.3) is 0 Å². The number of thiophene rings is 1. The van der Waals surface area contributed by atoms with Crippen molar-refractivity contribution in [2.24, 2.45) is 0 Å². The summed E-state index contributed by atoms with van der Waals surface area (Å²) < 4.78 is 5.48. The molecule has 0 atom stereocenters. The van der Waals surface area contributed by atoms with Crippen molar-refractivity contribution >= 4 is 39.2 Å². The predicted molar refractivity (Wildman–Crippen MR) is 68.5 cm³/mol. The number of hydrogen-bond acceptors (Lipinski definition) is 4. The van der Waals surface area contributed by atoms with Gasteiger partial charge in [-0.15, -0.1) is 11.3 Å². The third-order valence-electron chi connectivity index (χ3n) is 1.91. The molecule has 0 amide bonds. The second kappa shape index (κ2) is 5.97. The third-order valence-corrected chi connectivity index (χ3v) is 4.00. The Hall–Kier alpha value is -1.14. The zero-order valence-corrected chi connectivity index (χ0v) is 11.6. The average molecular weight is 319 g/mol. The summed E-state index contributed by atoms with van der Waals surface area (Å²) in [6, 6.07) is 1.51. The molecule has 1 aromatic rings. The number of ether oxygens (including phenoxy) is 1. The largest absolute Gasteiger partial charge is 0.477 e. The monoisotopic (exact) mass is 318 g/mol. The first kappa shape index (κ1) is 13.9. The van der Waals surface area contributed by atoms with Crippen molar-refractivity contribution in [2.75, 3.05) is 6.61 Å². The maximum absolute atomic E-state index is 11.4. The topological polar surface area (TPSA) is 63.6 Å². The van der Waals surface area contributed by atoms with E-state index in [9.17, 15) is 9.59 Å². The van der Waals surface area contributed by atoms with E-state index in [0.717, 1.165) is 16.2 Å². The molecule has 0 saturated heterocycles. The highest BCUT2D eigenvalue weighted by Crippen LogP contribution is 2.29. The molecule has 0 aliphatic rings. The van der Waals surface area contributed by atoms with Crippen molar-refractivity contribution in [3.05, 3.63) is 32.4 Å². The van der Waals surface area contributed by atoms with E-state index in [2.05, 4.69) is 22.5 Å². The summed E-state index contributed by atoms with van der Waals surface area (Å²) in [5, 5.41) is 8.83. The highest BCUT2D eigenvalue weighted by Gasteiger charge is 2.16. The molecule has 0 spiro atoms. The molecule has 0 aliphatic carbocycles. The standard InChI is InChI=1S/C11H11BrO4S/c1-3-16-11(15)6(2)4-8-7(12)5-9(17-8)10(13)14/h5H,2-4H2,1H3,(H,13,14). The zero-order valence-electron chi connectivity index (χ0n) is 9.16. The molecule has 92 valence electrons. The number of aromatic carboxylic acids is 1. The molecule has 0 saturated carbocycles. The second-order valence-electron chi connectivity index (χ2n) is 3.19. The van der Waals surface area contributed by atoms with Crippen molar-refractivity contribution in [2.45, 2.75) is 13.3 Å². The number of esters is 1. The highest BCUT2D eigenvalue weighted by molar-refractivity contribution is 9.10. The SMILES string of the molecule is C=C(Cc1sc(C(=O)O)cc1Br)C(=O)OCC. The Morgan fingerprint density at radius 1 is 1.59 bits per heavy atom. The lowest BCUT2D eigenvalue weighted by molar-refractivity contribution is -0.138. The summed E-state index contributed by atoms with van der Waals surface area (Å²) >= 11 is 4.37. The molecule has 0 aliphatic heterocycles. The van der Waals surface area contributed by atoms with Gasteiger partial charge in [0.2, 0.25) is 0 Å². The van der Waals surface area contributed by atoms with Crippen LogP contribution in [0.2, 0.25) is 0 Å². The maximum Gasteiger partial charge on any atom is 0.345 e. The quantitative estimate of drug-likeness (QED) is 0.669. The van der Waals surface area contributed by atoms with Gasteiger partial charge >= 0.3 is 11.9 Å². The number of hydrogen-bond donors (Lipinski definition) is 1. The Morgan fingerprint density at radius 3 is 2.71 bits per heavy atom. The molecule has 17 heavy (non-hydrogen) atoms. The molecule has 0 bridgehead atoms. The molecule has 1 heterocycles. The van der Waals surface area contributed by atoms with E-state index in [4.69, 9.17) is 9.84 Å². The Kier molecular flexibility index (Phi) is 4.89. The fraction of sp³-hybridized carbons (Fsp3) is 0.273. The summed E-state index contributed by atoms with van der Waals surface area (Å²) in [4.78, 5) is 23.1. The summed E-state index contributed by atoms with van der Waals surface area (Å²) in [6.07, 6.45) is 0.289. The van der Waals surface area contributed by atoms with Crippen LogP contribution >= 0.6 is 27.3 Å². The normalized spacial score (nSPS) is 10.0. The zero-order chi connectivity index (χ0) is 13.0. The van der Waals surface area contributed by atoms with Crippen LogP contribution in [0.4, 0.5) is 0 Å². The van der Waals surface area contributed by atoms with Crippen LogP contribution in [0.25, 0.3) is 0 Å². The minimum Gasteiger partial charge on any atom is -0.477 e. The predicted octanol–water partition coefficient (Wildman–Crippen LogP) is 2.87. The fourth-order valence-corrected chi connectivity index (χ4v) is 2.83. The van der Waals surface area contributed by atoms with Crippen LogP contribution in [0.15, 0.2) is 22.7 Å². The van der Waals surface area contributed by atoms with Crippen LogP contribution in [0.1, 0.15) is 21.5 Å². The molecular formula is C11H11BrO4S. The van der Waals surface area contributed by atoms with Gasteiger partial charge in [-0.1, -0.05) is 6.58 Å². The lowest BCUT2D eigenvalue weighted by Crippen LogP contribution is -2.08. The van der Waals surface area contributed by atoms with Crippen LogP contribution in [0, 0.1) is 0 Å². The molecular weight excluding hydrogens is 308 g/mol. The third kappa shape index (κ3) is 3.67. The number of carbonyl (C=O) groups is 2. The van der Waals surface area contributed by atoms with Crippen molar-refractivity contribution in [3.63, 3.8) is 0 Å². The van der Waals surface area contributed by atoms with E-state index in [1.807, 2.05) is 0 Å². The molecule has 4 nitrogen and oxygen atoms in total. The number of carbonyl (C=O) groups excluding carboxylic acids is 1. The van der Waals surface area contributed by atoms with Gasteiger partial charge < -0.3 is 9.84 Å². The molecule has 0 fully saturated rings. The van der Waals surface area contributed by atoms with E-state index in [0.29, 0.717) is 16.7 Å². The van der Waals surface area contributed by atoms with E-state index in [-0.39, 0.29) is 11.3 Å². The molecule has 0 radical (unpaired) electrons. The van der Waals surface area contributed by atoms with Gasteiger partial charge in [-0.3, -0.25) is 0 Å². The number of carboxylic acids is 1. The van der Waals surface area contributed by atoms with Crippen LogP contribution in [0.5, 0.6) is 0 Å². The summed E-state index contributed by atoms with van der Waals surface area (Å²) in [6.45, 7) is 5.64. The van der Waals surface area contributed by atoms with Crippen molar-refractivity contribution in [1.29, 1.82) is 0 Å². The lowest BCUT2D eigenvalue weighted by Gasteiger charge is -2.03. The molecule has 6 heteroatoms. The number of carboxylic acid groups (broad SMARTS) is 1. The van der Waals surface area contributed by atoms with Gasteiger partial charge in [-0.25, -0.2) is 9.59 Å². The molecule has 1 N–H and O–H groups in total. The number of rotatable bonds is 5. The van der Waals surface area contributed by atoms with Gasteiger partial charge in [-0.05, 0) is 28.9 Å². The van der Waals surface area contributed by atoms with Crippen molar-refractivity contribution in [1.82, 2.24) is 0 Å². The van der Waals surface area contributed by atoms with Crippen molar-refractivity contribution in [3.8, 4) is 0 Å². The maximum atomic E-state index is 11.4. The molecule has 0 unspecified atom stereocenters. The van der Waals surface area contributed by atoms with Gasteiger partial charge in [0.15, 0.2) is 0 Å². The Bertz CT molecular complexity index is 464. The Balaban J connectivity index is 2.78. The van der Waals surface area contributed by atoms with Gasteiger partial charge in [0.1, 0.15) is 4.88 Å². The summed E-state index contributed by atoms with van der Waals surface area (Å²) in [5.41, 5.74) is 0.311. The minimum atomic E-state index is -0.983. The van der Waals surface area contributed by atoms with E-state index < -0.39 is 11.9 Å².